The molecule has 2 amide bonds. The van der Waals surface area contributed by atoms with E-state index in [1.165, 1.54) is 10.5 Å². The van der Waals surface area contributed by atoms with Gasteiger partial charge in [0.05, 0.1) is 6.04 Å². The van der Waals surface area contributed by atoms with Crippen LogP contribution in [0.1, 0.15) is 49.8 Å². The number of rotatable bonds is 6. The monoisotopic (exact) mass is 288 g/mol. The van der Waals surface area contributed by atoms with Gasteiger partial charge in [0.15, 0.2) is 0 Å². The molecule has 1 N–H and O–H groups in total. The molecule has 1 atom stereocenters. The number of amides is 2. The highest BCUT2D eigenvalue weighted by Crippen LogP contribution is 2.19. The molecule has 4 nitrogen and oxygen atoms in total. The lowest BCUT2D eigenvalue weighted by Crippen LogP contribution is -2.45. The van der Waals surface area contributed by atoms with E-state index >= 15 is 0 Å². The number of benzene rings is 1. The molecule has 1 aromatic carbocycles. The van der Waals surface area contributed by atoms with E-state index in [2.05, 4.69) is 43.4 Å². The largest absolute Gasteiger partial charge is 0.308 e. The van der Waals surface area contributed by atoms with E-state index in [1.54, 1.807) is 0 Å². The third kappa shape index (κ3) is 4.14. The molecule has 1 unspecified atom stereocenters. The molecule has 0 spiro atoms. The fourth-order valence-electron chi connectivity index (χ4n) is 2.59. The van der Waals surface area contributed by atoms with Crippen LogP contribution in [0.5, 0.6) is 0 Å². The summed E-state index contributed by atoms with van der Waals surface area (Å²) in [6.45, 7) is 5.46. The summed E-state index contributed by atoms with van der Waals surface area (Å²) in [6.07, 6.45) is 2.68. The molecule has 1 fully saturated rings. The number of carbonyl (C=O) groups is 2. The second kappa shape index (κ2) is 7.36. The fraction of sp³-hybridized carbons (Fsp3) is 0.529. The molecule has 0 bridgehead atoms. The molecule has 1 aliphatic heterocycles. The number of nitrogens with one attached hydrogen (secondary N) is 1. The predicted molar refractivity (Wildman–Crippen MR) is 82.8 cm³/mol. The first-order chi connectivity index (χ1) is 10.1. The molecule has 2 rings (SSSR count). The highest BCUT2D eigenvalue weighted by Gasteiger charge is 2.28. The van der Waals surface area contributed by atoms with Gasteiger partial charge in [-0.15, -0.1) is 0 Å². The second-order valence-electron chi connectivity index (χ2n) is 5.67. The first-order valence-electron chi connectivity index (χ1n) is 7.75. The van der Waals surface area contributed by atoms with Crippen LogP contribution in [0.3, 0.4) is 0 Å². The molecule has 0 saturated carbocycles. The molecule has 0 aliphatic carbocycles. The highest BCUT2D eigenvalue weighted by atomic mass is 16.2. The van der Waals surface area contributed by atoms with E-state index in [0.717, 1.165) is 18.5 Å². The van der Waals surface area contributed by atoms with Crippen molar-refractivity contribution in [3.63, 3.8) is 0 Å². The van der Waals surface area contributed by atoms with E-state index in [1.807, 2.05) is 0 Å². The molecule has 4 heteroatoms. The quantitative estimate of drug-likeness (QED) is 0.819. The van der Waals surface area contributed by atoms with Gasteiger partial charge < -0.3 is 5.32 Å². The third-order valence-corrected chi connectivity index (χ3v) is 3.87. The Morgan fingerprint density at radius 3 is 2.33 bits per heavy atom. The fourth-order valence-corrected chi connectivity index (χ4v) is 2.59. The molecule has 114 valence electrons. The molecule has 1 heterocycles. The van der Waals surface area contributed by atoms with Gasteiger partial charge in [-0.3, -0.25) is 14.5 Å². The van der Waals surface area contributed by atoms with Gasteiger partial charge in [-0.2, -0.15) is 0 Å². The Morgan fingerprint density at radius 1 is 1.14 bits per heavy atom. The van der Waals surface area contributed by atoms with E-state index in [0.29, 0.717) is 25.8 Å². The van der Waals surface area contributed by atoms with Crippen molar-refractivity contribution in [1.29, 1.82) is 0 Å². The summed E-state index contributed by atoms with van der Waals surface area (Å²) < 4.78 is 0. The Labute approximate surface area is 126 Å². The second-order valence-corrected chi connectivity index (χ2v) is 5.67. The average Bonchev–Trinajstić information content (AvgIpc) is 2.47. The highest BCUT2D eigenvalue weighted by molar-refractivity contribution is 5.97. The van der Waals surface area contributed by atoms with E-state index in [9.17, 15) is 9.59 Å². The van der Waals surface area contributed by atoms with Crippen molar-refractivity contribution < 1.29 is 9.59 Å². The Bertz CT molecular complexity index is 480. The summed E-state index contributed by atoms with van der Waals surface area (Å²) in [5.74, 6) is -0.0803. The van der Waals surface area contributed by atoms with Crippen LogP contribution < -0.4 is 5.32 Å². The molecule has 0 aromatic heterocycles. The van der Waals surface area contributed by atoms with Crippen LogP contribution in [0.15, 0.2) is 24.3 Å². The lowest BCUT2D eigenvalue weighted by molar-refractivity contribution is -0.148. The zero-order valence-corrected chi connectivity index (χ0v) is 12.9. The van der Waals surface area contributed by atoms with E-state index < -0.39 is 0 Å². The predicted octanol–water partition coefficient (Wildman–Crippen LogP) is 2.57. The molecule has 1 saturated heterocycles. The topological polar surface area (TPSA) is 49.4 Å². The first kappa shape index (κ1) is 15.7. The van der Waals surface area contributed by atoms with Crippen LogP contribution in [-0.2, 0) is 9.59 Å². The van der Waals surface area contributed by atoms with Gasteiger partial charge in [0.25, 0.3) is 0 Å². The zero-order valence-electron chi connectivity index (χ0n) is 12.9. The maximum atomic E-state index is 12.0. The van der Waals surface area contributed by atoms with Crippen LogP contribution >= 0.6 is 0 Å². The Morgan fingerprint density at radius 2 is 1.76 bits per heavy atom. The maximum Gasteiger partial charge on any atom is 0.229 e. The van der Waals surface area contributed by atoms with E-state index in [-0.39, 0.29) is 17.9 Å². The molecular formula is C17H24N2O2. The lowest BCUT2D eigenvalue weighted by atomic mass is 10.0. The van der Waals surface area contributed by atoms with Crippen LogP contribution in [0.4, 0.5) is 0 Å². The number of hydrogen-bond acceptors (Lipinski definition) is 3. The van der Waals surface area contributed by atoms with Crippen LogP contribution in [-0.4, -0.2) is 29.8 Å². The van der Waals surface area contributed by atoms with Crippen molar-refractivity contribution in [2.45, 2.75) is 45.6 Å². The van der Waals surface area contributed by atoms with Crippen molar-refractivity contribution in [2.75, 3.05) is 13.1 Å². The lowest BCUT2D eigenvalue weighted by Gasteiger charge is -2.30. The van der Waals surface area contributed by atoms with Crippen molar-refractivity contribution in [3.8, 4) is 0 Å². The zero-order chi connectivity index (χ0) is 15.2. The molecule has 1 aliphatic rings. The smallest absolute Gasteiger partial charge is 0.229 e. The molecule has 21 heavy (non-hydrogen) atoms. The van der Waals surface area contributed by atoms with Crippen molar-refractivity contribution in [1.82, 2.24) is 10.2 Å². The average molecular weight is 288 g/mol. The molecule has 0 radical (unpaired) electrons. The van der Waals surface area contributed by atoms with Gasteiger partial charge in [0, 0.05) is 19.4 Å². The van der Waals surface area contributed by atoms with Gasteiger partial charge in [0.1, 0.15) is 0 Å². The summed E-state index contributed by atoms with van der Waals surface area (Å²) in [5, 5.41) is 3.45. The van der Waals surface area contributed by atoms with Gasteiger partial charge in [0.2, 0.25) is 11.8 Å². The van der Waals surface area contributed by atoms with Crippen LogP contribution in [0, 0.1) is 6.92 Å². The summed E-state index contributed by atoms with van der Waals surface area (Å²) in [6, 6.07) is 8.28. The number of piperidine rings is 1. The van der Waals surface area contributed by atoms with Crippen LogP contribution in [0.2, 0.25) is 0 Å². The van der Waals surface area contributed by atoms with Crippen LogP contribution in [0.25, 0.3) is 0 Å². The minimum Gasteiger partial charge on any atom is -0.308 e. The Hall–Kier alpha value is -1.68. The number of nitrogens with zero attached hydrogens (tertiary/aromatic N) is 1. The number of carbonyl (C=O) groups excluding carboxylic acids is 2. The standard InChI is InChI=1S/C17H24N2O2/c1-3-11-18-15(14-9-7-13(2)8-10-14)12-19-16(20)5-4-6-17(19)21/h7-10,15,18H,3-6,11-12H2,1-2H3. The Balaban J connectivity index is 2.13. The van der Waals surface area contributed by atoms with Crippen molar-refractivity contribution in [2.24, 2.45) is 0 Å². The summed E-state index contributed by atoms with van der Waals surface area (Å²) >= 11 is 0. The van der Waals surface area contributed by atoms with Crippen molar-refractivity contribution >= 4 is 11.8 Å². The minimum absolute atomic E-state index is 0.0107. The normalized spacial score (nSPS) is 17.1. The summed E-state index contributed by atoms with van der Waals surface area (Å²) in [5.41, 5.74) is 2.33. The maximum absolute atomic E-state index is 12.0. The van der Waals surface area contributed by atoms with Gasteiger partial charge in [-0.25, -0.2) is 0 Å². The van der Waals surface area contributed by atoms with Crippen molar-refractivity contribution in [3.05, 3.63) is 35.4 Å². The number of aryl methyl sites for hydroxylation is 1. The van der Waals surface area contributed by atoms with E-state index in [4.69, 9.17) is 0 Å². The van der Waals surface area contributed by atoms with Gasteiger partial charge in [-0.05, 0) is 31.9 Å². The summed E-state index contributed by atoms with van der Waals surface area (Å²) in [4.78, 5) is 25.4. The number of imide groups is 1. The first-order valence-corrected chi connectivity index (χ1v) is 7.75. The molecule has 1 aromatic rings. The minimum atomic E-state index is -0.0401. The SMILES string of the molecule is CCCNC(CN1C(=O)CCCC1=O)c1ccc(C)cc1. The molecular weight excluding hydrogens is 264 g/mol. The number of likely N-dealkylation sites (tertiary alicyclic amines) is 1. The summed E-state index contributed by atoms with van der Waals surface area (Å²) in [7, 11) is 0. The number of hydrogen-bond donors (Lipinski definition) is 1. The van der Waals surface area contributed by atoms with Gasteiger partial charge in [-0.1, -0.05) is 36.8 Å². The third-order valence-electron chi connectivity index (χ3n) is 3.87. The Kier molecular flexibility index (Phi) is 5.51. The van der Waals surface area contributed by atoms with Gasteiger partial charge >= 0.3 is 0 Å².